The predicted molar refractivity (Wildman–Crippen MR) is 21.6 cm³/mol. The second kappa shape index (κ2) is 2.09. The molecule has 4 heteroatoms. The zero-order valence-corrected chi connectivity index (χ0v) is 3.70. The lowest BCUT2D eigenvalue weighted by molar-refractivity contribution is -0.457. The molecule has 0 saturated carbocycles. The van der Waals surface area contributed by atoms with Gasteiger partial charge in [-0.2, -0.15) is 0 Å². The molecule has 0 N–H and O–H groups in total. The third-order valence-corrected chi connectivity index (χ3v) is 0.447. The molecular formula is CH4NO2P. The topological polar surface area (TPSA) is 43.1 Å². The van der Waals surface area contributed by atoms with Crippen LogP contribution in [0.4, 0.5) is 0 Å². The van der Waals surface area contributed by atoms with Gasteiger partial charge in [0.1, 0.15) is 0 Å². The number of hydrogen-bond donors (Lipinski definition) is 0. The van der Waals surface area contributed by atoms with Crippen LogP contribution in [0.25, 0.3) is 0 Å². The minimum Gasteiger partial charge on any atom is -0.264 e. The summed E-state index contributed by atoms with van der Waals surface area (Å²) in [7, 11) is 2.00. The van der Waals surface area contributed by atoms with Crippen molar-refractivity contribution < 1.29 is 4.92 Å². The Hall–Kier alpha value is -0.170. The predicted octanol–water partition coefficient (Wildman–Crippen LogP) is 0.0957. The molecule has 1 atom stereocenters. The first-order chi connectivity index (χ1) is 2.27. The van der Waals surface area contributed by atoms with Crippen molar-refractivity contribution in [2.24, 2.45) is 0 Å². The van der Waals surface area contributed by atoms with Gasteiger partial charge in [-0.1, -0.05) is 9.24 Å². The lowest BCUT2D eigenvalue weighted by Gasteiger charge is -1.73. The van der Waals surface area contributed by atoms with E-state index in [0.29, 0.717) is 0 Å². The summed E-state index contributed by atoms with van der Waals surface area (Å²) >= 11 is 0. The van der Waals surface area contributed by atoms with Crippen LogP contribution in [-0.4, -0.2) is 11.2 Å². The number of rotatable bonds is 1. The largest absolute Gasteiger partial charge is 0.264 e. The summed E-state index contributed by atoms with van der Waals surface area (Å²) in [6, 6.07) is 0. The molecule has 0 aliphatic rings. The average molecular weight is 93.0 g/mol. The Kier molecular flexibility index (Phi) is 2.02. The minimum absolute atomic E-state index is 0.0556. The molecular weight excluding hydrogens is 89.0 g/mol. The van der Waals surface area contributed by atoms with Gasteiger partial charge in [0.15, 0.2) is 0 Å². The van der Waals surface area contributed by atoms with Gasteiger partial charge >= 0.3 is 0 Å². The second-order valence-corrected chi connectivity index (χ2v) is 0.880. The lowest BCUT2D eigenvalue weighted by Crippen LogP contribution is -1.88. The van der Waals surface area contributed by atoms with Crippen molar-refractivity contribution in [3.8, 4) is 0 Å². The zero-order chi connectivity index (χ0) is 4.28. The van der Waals surface area contributed by atoms with Gasteiger partial charge in [0.2, 0.25) is 6.29 Å². The standard InChI is InChI=1S/CH4NO2P/c3-2(4)1-5/h1,5H2. The molecule has 0 rings (SSSR count). The van der Waals surface area contributed by atoms with Gasteiger partial charge in [-0.25, -0.2) is 0 Å². The van der Waals surface area contributed by atoms with Gasteiger partial charge < -0.3 is 0 Å². The van der Waals surface area contributed by atoms with E-state index in [9.17, 15) is 0 Å². The summed E-state index contributed by atoms with van der Waals surface area (Å²) in [6.07, 6.45) is -0.0556. The number of hydrogen-bond acceptors (Lipinski definition) is 2. The monoisotopic (exact) mass is 93.0 g/mol. The lowest BCUT2D eigenvalue weighted by atomic mass is 11.5. The first-order valence-corrected chi connectivity index (χ1v) is 1.91. The van der Waals surface area contributed by atoms with E-state index in [1.165, 1.54) is 0 Å². The molecule has 5 heavy (non-hydrogen) atoms. The molecule has 0 amide bonds. The molecule has 3 nitrogen and oxygen atoms in total. The van der Waals surface area contributed by atoms with E-state index < -0.39 is 4.92 Å². The van der Waals surface area contributed by atoms with E-state index in [2.05, 4.69) is 0 Å². The zero-order valence-electron chi connectivity index (χ0n) is 2.55. The molecule has 0 radical (unpaired) electrons. The molecule has 0 saturated heterocycles. The van der Waals surface area contributed by atoms with E-state index in [1.54, 1.807) is 0 Å². The fraction of sp³-hybridized carbons (Fsp3) is 1.00. The van der Waals surface area contributed by atoms with Crippen LogP contribution in [0.15, 0.2) is 0 Å². The molecule has 1 unspecified atom stereocenters. The van der Waals surface area contributed by atoms with Crippen LogP contribution in [0.1, 0.15) is 0 Å². The van der Waals surface area contributed by atoms with Crippen LogP contribution in [0.5, 0.6) is 0 Å². The summed E-state index contributed by atoms with van der Waals surface area (Å²) in [5.74, 6) is 0. The normalized spacial score (nSPS) is 7.40. The third-order valence-electron chi connectivity index (χ3n) is 0.149. The Morgan fingerprint density at radius 3 is 2.20 bits per heavy atom. The van der Waals surface area contributed by atoms with Crippen LogP contribution < -0.4 is 0 Å². The number of nitro groups is 1. The fourth-order valence-electron chi connectivity index (χ4n) is 0. The van der Waals surface area contributed by atoms with Gasteiger partial charge in [0.25, 0.3) is 0 Å². The first kappa shape index (κ1) is 4.83. The highest BCUT2D eigenvalue weighted by atomic mass is 31.0. The molecule has 0 aromatic rings. The molecule has 0 spiro atoms. The van der Waals surface area contributed by atoms with Crippen LogP contribution in [0.2, 0.25) is 0 Å². The smallest absolute Gasteiger partial charge is 0.214 e. The van der Waals surface area contributed by atoms with Crippen molar-refractivity contribution in [3.05, 3.63) is 10.1 Å². The van der Waals surface area contributed by atoms with E-state index in [1.807, 2.05) is 9.24 Å². The van der Waals surface area contributed by atoms with E-state index in [-0.39, 0.29) is 6.29 Å². The molecule has 0 aromatic heterocycles. The summed E-state index contributed by atoms with van der Waals surface area (Å²) in [5, 5.41) is 9.15. The maximum atomic E-state index is 9.15. The highest BCUT2D eigenvalue weighted by Crippen LogP contribution is 1.75. The second-order valence-electron chi connectivity index (χ2n) is 0.515. The highest BCUT2D eigenvalue weighted by Gasteiger charge is 1.76. The SMILES string of the molecule is O=[N+]([O-])CP. The van der Waals surface area contributed by atoms with E-state index >= 15 is 0 Å². The Morgan fingerprint density at radius 1 is 2.00 bits per heavy atom. The fourth-order valence-corrected chi connectivity index (χ4v) is 0. The maximum absolute atomic E-state index is 9.15. The van der Waals surface area contributed by atoms with E-state index in [0.717, 1.165) is 0 Å². The Morgan fingerprint density at radius 2 is 2.20 bits per heavy atom. The van der Waals surface area contributed by atoms with Crippen molar-refractivity contribution in [2.75, 3.05) is 6.29 Å². The molecule has 0 aliphatic heterocycles. The summed E-state index contributed by atoms with van der Waals surface area (Å²) in [5.41, 5.74) is 0. The van der Waals surface area contributed by atoms with Gasteiger partial charge in [-0.05, 0) is 0 Å². The van der Waals surface area contributed by atoms with Crippen LogP contribution in [-0.2, 0) is 0 Å². The van der Waals surface area contributed by atoms with Crippen molar-refractivity contribution in [1.82, 2.24) is 0 Å². The molecule has 0 aliphatic carbocycles. The van der Waals surface area contributed by atoms with E-state index in [4.69, 9.17) is 10.1 Å². The minimum atomic E-state index is -0.412. The Balaban J connectivity index is 2.85. The summed E-state index contributed by atoms with van der Waals surface area (Å²) in [4.78, 5) is 8.74. The van der Waals surface area contributed by atoms with Crippen LogP contribution >= 0.6 is 9.24 Å². The molecule has 0 fully saturated rings. The maximum Gasteiger partial charge on any atom is 0.214 e. The highest BCUT2D eigenvalue weighted by molar-refractivity contribution is 7.16. The first-order valence-electron chi connectivity index (χ1n) is 1.09. The summed E-state index contributed by atoms with van der Waals surface area (Å²) < 4.78 is 0. The average Bonchev–Trinajstić information content (AvgIpc) is 1.38. The van der Waals surface area contributed by atoms with Gasteiger partial charge in [0, 0.05) is 4.92 Å². The summed E-state index contributed by atoms with van der Waals surface area (Å²) in [6.45, 7) is 0. The third kappa shape index (κ3) is 3.83. The van der Waals surface area contributed by atoms with Crippen LogP contribution in [0.3, 0.4) is 0 Å². The number of nitrogens with zero attached hydrogens (tertiary/aromatic N) is 1. The Labute approximate surface area is 31.7 Å². The molecule has 0 heterocycles. The van der Waals surface area contributed by atoms with Crippen molar-refractivity contribution in [2.45, 2.75) is 0 Å². The van der Waals surface area contributed by atoms with Crippen molar-refractivity contribution >= 4 is 9.24 Å². The van der Waals surface area contributed by atoms with Gasteiger partial charge in [-0.3, -0.25) is 10.1 Å². The van der Waals surface area contributed by atoms with Gasteiger partial charge in [-0.15, -0.1) is 0 Å². The van der Waals surface area contributed by atoms with Crippen molar-refractivity contribution in [1.29, 1.82) is 0 Å². The molecule has 0 bridgehead atoms. The molecule has 30 valence electrons. The Bertz CT molecular complexity index is 44.9. The quantitative estimate of drug-likeness (QED) is 0.262. The molecule has 0 aromatic carbocycles. The van der Waals surface area contributed by atoms with Crippen LogP contribution in [0, 0.1) is 10.1 Å². The van der Waals surface area contributed by atoms with Gasteiger partial charge in [0.05, 0.1) is 0 Å². The van der Waals surface area contributed by atoms with Crippen molar-refractivity contribution in [3.63, 3.8) is 0 Å².